The summed E-state index contributed by atoms with van der Waals surface area (Å²) in [6, 6.07) is 21.9. The number of halogens is 1. The first-order valence-corrected chi connectivity index (χ1v) is 8.09. The number of ether oxygens (including phenoxy) is 1. The van der Waals surface area contributed by atoms with Crippen LogP contribution in [0.2, 0.25) is 5.02 Å². The summed E-state index contributed by atoms with van der Waals surface area (Å²) < 4.78 is 5.99. The Morgan fingerprint density at radius 2 is 1.59 bits per heavy atom. The number of rotatable bonds is 2. The predicted octanol–water partition coefficient (Wildman–Crippen LogP) is 6.34. The summed E-state index contributed by atoms with van der Waals surface area (Å²) in [6.45, 7) is 0. The van der Waals surface area contributed by atoms with E-state index in [0.717, 1.165) is 32.7 Å². The lowest BCUT2D eigenvalue weighted by molar-refractivity contribution is 0.455. The molecule has 1 N–H and O–H groups in total. The third-order valence-electron chi connectivity index (χ3n) is 3.38. The zero-order valence-corrected chi connectivity index (χ0v) is 13.1. The molecule has 4 heteroatoms. The number of hydrogen-bond donors (Lipinski definition) is 1. The highest BCUT2D eigenvalue weighted by molar-refractivity contribution is 7.99. The molecule has 0 atom stereocenters. The number of hydrogen-bond acceptors (Lipinski definition) is 3. The van der Waals surface area contributed by atoms with Gasteiger partial charge in [-0.2, -0.15) is 0 Å². The average molecular weight is 326 g/mol. The summed E-state index contributed by atoms with van der Waals surface area (Å²) in [6.07, 6.45) is 0. The number of nitrogens with one attached hydrogen (secondary N) is 1. The van der Waals surface area contributed by atoms with Gasteiger partial charge >= 0.3 is 0 Å². The summed E-state index contributed by atoms with van der Waals surface area (Å²) in [5.74, 6) is 1.71. The molecule has 0 aromatic heterocycles. The molecule has 0 saturated carbocycles. The second-order valence-electron chi connectivity index (χ2n) is 4.92. The molecule has 0 spiro atoms. The van der Waals surface area contributed by atoms with E-state index in [2.05, 4.69) is 5.32 Å². The Balaban J connectivity index is 1.70. The van der Waals surface area contributed by atoms with E-state index in [4.69, 9.17) is 16.3 Å². The Kier molecular flexibility index (Phi) is 3.45. The standard InChI is InChI=1S/C18H12ClNOS/c19-13-10-18-16(21-15-8-4-5-9-17(15)22-18)11-14(13)20-12-6-2-1-3-7-12/h1-11,20H. The molecule has 0 radical (unpaired) electrons. The lowest BCUT2D eigenvalue weighted by Gasteiger charge is -2.21. The number of benzene rings is 3. The van der Waals surface area contributed by atoms with Gasteiger partial charge in [-0.3, -0.25) is 0 Å². The summed E-state index contributed by atoms with van der Waals surface area (Å²) in [7, 11) is 0. The highest BCUT2D eigenvalue weighted by Crippen LogP contribution is 2.49. The van der Waals surface area contributed by atoms with Crippen LogP contribution in [0, 0.1) is 0 Å². The molecule has 0 fully saturated rings. The number of para-hydroxylation sites is 2. The van der Waals surface area contributed by atoms with Gasteiger partial charge < -0.3 is 10.1 Å². The molecule has 0 unspecified atom stereocenters. The summed E-state index contributed by atoms with van der Waals surface area (Å²) in [5, 5.41) is 4.00. The molecule has 1 aliphatic heterocycles. The van der Waals surface area contributed by atoms with E-state index in [1.165, 1.54) is 0 Å². The van der Waals surface area contributed by atoms with Gasteiger partial charge in [-0.05, 0) is 30.3 Å². The maximum atomic E-state index is 6.41. The molecular formula is C18H12ClNOS. The molecule has 0 amide bonds. The van der Waals surface area contributed by atoms with E-state index in [0.29, 0.717) is 5.02 Å². The first-order valence-electron chi connectivity index (χ1n) is 6.90. The normalized spacial score (nSPS) is 12.0. The molecule has 108 valence electrons. The van der Waals surface area contributed by atoms with Crippen LogP contribution in [0.1, 0.15) is 0 Å². The highest BCUT2D eigenvalue weighted by atomic mass is 35.5. The zero-order valence-electron chi connectivity index (χ0n) is 11.5. The van der Waals surface area contributed by atoms with Crippen LogP contribution in [0.4, 0.5) is 11.4 Å². The number of fused-ring (bicyclic) bond motifs is 2. The number of anilines is 2. The van der Waals surface area contributed by atoms with Gasteiger partial charge in [-0.15, -0.1) is 0 Å². The summed E-state index contributed by atoms with van der Waals surface area (Å²) >= 11 is 8.08. The van der Waals surface area contributed by atoms with Crippen molar-refractivity contribution in [3.63, 3.8) is 0 Å². The monoisotopic (exact) mass is 325 g/mol. The molecule has 4 rings (SSSR count). The van der Waals surface area contributed by atoms with E-state index < -0.39 is 0 Å². The van der Waals surface area contributed by atoms with Crippen molar-refractivity contribution in [3.8, 4) is 11.5 Å². The second kappa shape index (κ2) is 5.59. The van der Waals surface area contributed by atoms with E-state index in [1.807, 2.05) is 66.7 Å². The average Bonchev–Trinajstić information content (AvgIpc) is 2.55. The van der Waals surface area contributed by atoms with Crippen molar-refractivity contribution < 1.29 is 4.74 Å². The molecule has 3 aromatic rings. The van der Waals surface area contributed by atoms with Crippen molar-refractivity contribution in [2.45, 2.75) is 9.79 Å². The maximum absolute atomic E-state index is 6.41. The van der Waals surface area contributed by atoms with Gasteiger partial charge in [0.25, 0.3) is 0 Å². The predicted molar refractivity (Wildman–Crippen MR) is 91.8 cm³/mol. The Labute approximate surface area is 138 Å². The van der Waals surface area contributed by atoms with Gasteiger partial charge in [0, 0.05) is 11.8 Å². The Bertz CT molecular complexity index is 832. The van der Waals surface area contributed by atoms with Gasteiger partial charge in [0.05, 0.1) is 20.5 Å². The SMILES string of the molecule is Clc1cc2c(cc1Nc1ccccc1)Oc1ccccc1S2. The highest BCUT2D eigenvalue weighted by Gasteiger charge is 2.19. The third-order valence-corrected chi connectivity index (χ3v) is 4.78. The van der Waals surface area contributed by atoms with Crippen molar-refractivity contribution >= 4 is 34.7 Å². The molecule has 0 aliphatic carbocycles. The van der Waals surface area contributed by atoms with E-state index in [1.54, 1.807) is 11.8 Å². The maximum Gasteiger partial charge on any atom is 0.143 e. The fourth-order valence-corrected chi connectivity index (χ4v) is 3.57. The van der Waals surface area contributed by atoms with Crippen LogP contribution in [-0.2, 0) is 0 Å². The first kappa shape index (κ1) is 13.6. The topological polar surface area (TPSA) is 21.3 Å². The van der Waals surface area contributed by atoms with E-state index in [9.17, 15) is 0 Å². The van der Waals surface area contributed by atoms with Crippen LogP contribution in [-0.4, -0.2) is 0 Å². The fraction of sp³-hybridized carbons (Fsp3) is 0. The van der Waals surface area contributed by atoms with E-state index in [-0.39, 0.29) is 0 Å². The van der Waals surface area contributed by atoms with Crippen LogP contribution in [0.5, 0.6) is 11.5 Å². The van der Waals surface area contributed by atoms with Crippen molar-refractivity contribution in [1.29, 1.82) is 0 Å². The lowest BCUT2D eigenvalue weighted by atomic mass is 10.2. The molecule has 0 saturated heterocycles. The van der Waals surface area contributed by atoms with Crippen LogP contribution >= 0.6 is 23.4 Å². The molecule has 1 aliphatic rings. The fourth-order valence-electron chi connectivity index (χ4n) is 2.32. The Morgan fingerprint density at radius 1 is 0.818 bits per heavy atom. The molecule has 0 bridgehead atoms. The minimum atomic E-state index is 0.679. The minimum absolute atomic E-state index is 0.679. The van der Waals surface area contributed by atoms with Crippen molar-refractivity contribution in [2.75, 3.05) is 5.32 Å². The smallest absolute Gasteiger partial charge is 0.143 e. The minimum Gasteiger partial charge on any atom is -0.455 e. The third kappa shape index (κ3) is 2.54. The Morgan fingerprint density at radius 3 is 2.45 bits per heavy atom. The lowest BCUT2D eigenvalue weighted by Crippen LogP contribution is -1.97. The van der Waals surface area contributed by atoms with Crippen LogP contribution in [0.15, 0.2) is 76.5 Å². The molecule has 3 aromatic carbocycles. The van der Waals surface area contributed by atoms with Crippen LogP contribution < -0.4 is 10.1 Å². The van der Waals surface area contributed by atoms with Gasteiger partial charge in [0.2, 0.25) is 0 Å². The van der Waals surface area contributed by atoms with Crippen molar-refractivity contribution in [1.82, 2.24) is 0 Å². The van der Waals surface area contributed by atoms with E-state index >= 15 is 0 Å². The second-order valence-corrected chi connectivity index (χ2v) is 6.41. The summed E-state index contributed by atoms with van der Waals surface area (Å²) in [4.78, 5) is 2.14. The molecular weight excluding hydrogens is 314 g/mol. The first-order chi connectivity index (χ1) is 10.8. The largest absolute Gasteiger partial charge is 0.455 e. The van der Waals surface area contributed by atoms with Gasteiger partial charge in [-0.25, -0.2) is 0 Å². The van der Waals surface area contributed by atoms with Gasteiger partial charge in [0.15, 0.2) is 0 Å². The summed E-state index contributed by atoms with van der Waals surface area (Å²) in [5.41, 5.74) is 1.83. The molecule has 1 heterocycles. The molecule has 22 heavy (non-hydrogen) atoms. The zero-order chi connectivity index (χ0) is 14.9. The van der Waals surface area contributed by atoms with Gasteiger partial charge in [0.1, 0.15) is 11.5 Å². The Hall–Kier alpha value is -2.10. The van der Waals surface area contributed by atoms with Crippen molar-refractivity contribution in [3.05, 3.63) is 71.8 Å². The van der Waals surface area contributed by atoms with Gasteiger partial charge in [-0.1, -0.05) is 53.7 Å². The molecule has 2 nitrogen and oxygen atoms in total. The van der Waals surface area contributed by atoms with Crippen LogP contribution in [0.25, 0.3) is 0 Å². The van der Waals surface area contributed by atoms with Crippen LogP contribution in [0.3, 0.4) is 0 Å². The quantitative estimate of drug-likeness (QED) is 0.464. The van der Waals surface area contributed by atoms with Crippen molar-refractivity contribution in [2.24, 2.45) is 0 Å².